The topological polar surface area (TPSA) is 0 Å². The predicted octanol–water partition coefficient (Wildman–Crippen LogP) is 13.3. The van der Waals surface area contributed by atoms with Gasteiger partial charge in [-0.2, -0.15) is 12.1 Å². The Morgan fingerprint density at radius 2 is 0.913 bits per heavy atom. The summed E-state index contributed by atoms with van der Waals surface area (Å²) in [5.74, 6) is 1.12. The fraction of sp³-hybridized carbons (Fsp3) is 0.289. The van der Waals surface area contributed by atoms with Crippen LogP contribution in [0, 0.1) is 54.4 Å². The monoisotopic (exact) mass is 772 g/mol. The average molecular weight is 771 g/mol. The van der Waals surface area contributed by atoms with Crippen molar-refractivity contribution in [3.63, 3.8) is 0 Å². The van der Waals surface area contributed by atoms with Crippen LogP contribution in [0.5, 0.6) is 0 Å². The van der Waals surface area contributed by atoms with Crippen molar-refractivity contribution in [3.8, 4) is 22.3 Å². The van der Waals surface area contributed by atoms with Gasteiger partial charge in [-0.25, -0.2) is 0 Å². The van der Waals surface area contributed by atoms with Crippen molar-refractivity contribution >= 4 is 21.5 Å². The zero-order valence-electron chi connectivity index (χ0n) is 29.8. The van der Waals surface area contributed by atoms with Gasteiger partial charge in [-0.3, -0.25) is 0 Å². The van der Waals surface area contributed by atoms with Crippen LogP contribution < -0.4 is 0 Å². The zero-order chi connectivity index (χ0) is 30.5. The molecule has 0 radical (unpaired) electrons. The van der Waals surface area contributed by atoms with E-state index in [0.717, 1.165) is 12.8 Å². The van der Waals surface area contributed by atoms with Crippen molar-refractivity contribution in [2.45, 2.75) is 73.6 Å². The van der Waals surface area contributed by atoms with Gasteiger partial charge in [-0.15, -0.1) is 69.1 Å². The third kappa shape index (κ3) is 6.96. The van der Waals surface area contributed by atoms with Crippen LogP contribution in [0.15, 0.2) is 97.1 Å². The normalized spacial score (nSPS) is 11.5. The molecule has 0 bridgehead atoms. The molecule has 6 aromatic rings. The van der Waals surface area contributed by atoms with Crippen LogP contribution in [0.3, 0.4) is 0 Å². The van der Waals surface area contributed by atoms with Gasteiger partial charge in [-0.05, 0) is 80.0 Å². The molecule has 0 unspecified atom stereocenters. The summed E-state index contributed by atoms with van der Waals surface area (Å²) in [5, 5.41) is 5.43. The summed E-state index contributed by atoms with van der Waals surface area (Å²) in [6, 6.07) is 37.5. The van der Waals surface area contributed by atoms with E-state index in [1.54, 1.807) is 0 Å². The Balaban J connectivity index is 0.00000192. The number of rotatable bonds is 8. The average Bonchev–Trinajstić information content (AvgIpc) is 3.60. The molecule has 46 heavy (non-hydrogen) atoms. The Labute approximate surface area is 298 Å². The third-order valence-corrected chi connectivity index (χ3v) is 9.49. The molecule has 6 rings (SSSR count). The van der Waals surface area contributed by atoms with E-state index in [4.69, 9.17) is 0 Å². The summed E-state index contributed by atoms with van der Waals surface area (Å²) in [4.78, 5) is 0. The molecule has 0 aliphatic carbocycles. The number of benzene rings is 4. The molecule has 0 N–H and O–H groups in total. The molecular formula is C45H52Hf. The molecule has 6 aromatic carbocycles. The maximum Gasteiger partial charge on any atom is 4.00 e. The number of aryl methyl sites for hydroxylation is 4. The first-order valence-electron chi connectivity index (χ1n) is 16.1. The number of hydrogen-bond donors (Lipinski definition) is 0. The summed E-state index contributed by atoms with van der Waals surface area (Å²) in [7, 11) is 0. The SMILES string of the molecule is Cc1ccc(C)c(-c2cccc3[cH-]c(C(CC(C)C)(CC(C)C)c4cc5c(-c6cc(C)ccc6C)cccc5[cH-]4)cc23)c1.[CH3-].[CH3-].[Hf+4]. The molecule has 0 fully saturated rings. The smallest absolute Gasteiger partial charge is 0.358 e. The second-order valence-corrected chi connectivity index (χ2v) is 14.0. The van der Waals surface area contributed by atoms with E-state index < -0.39 is 0 Å². The Hall–Kier alpha value is -3.03. The van der Waals surface area contributed by atoms with E-state index in [1.807, 2.05) is 0 Å². The first-order valence-corrected chi connectivity index (χ1v) is 16.1. The maximum atomic E-state index is 2.54. The number of hydrogen-bond acceptors (Lipinski definition) is 0. The van der Waals surface area contributed by atoms with Crippen LogP contribution in [0.2, 0.25) is 0 Å². The minimum atomic E-state index is -0.0712. The summed E-state index contributed by atoms with van der Waals surface area (Å²) in [6.45, 7) is 18.4. The van der Waals surface area contributed by atoms with E-state index in [2.05, 4.69) is 152 Å². The van der Waals surface area contributed by atoms with Crippen molar-refractivity contribution in [1.29, 1.82) is 0 Å². The summed E-state index contributed by atoms with van der Waals surface area (Å²) < 4.78 is 0. The molecule has 0 saturated carbocycles. The van der Waals surface area contributed by atoms with Crippen LogP contribution in [0.4, 0.5) is 0 Å². The molecule has 1 heteroatoms. The van der Waals surface area contributed by atoms with E-state index in [0.29, 0.717) is 11.8 Å². The predicted molar refractivity (Wildman–Crippen MR) is 201 cm³/mol. The molecule has 0 aliphatic heterocycles. The Kier molecular flexibility index (Phi) is 12.1. The minimum absolute atomic E-state index is 0. The van der Waals surface area contributed by atoms with E-state index in [1.165, 1.54) is 77.2 Å². The minimum Gasteiger partial charge on any atom is -0.358 e. The van der Waals surface area contributed by atoms with E-state index in [9.17, 15) is 0 Å². The molecule has 0 saturated heterocycles. The van der Waals surface area contributed by atoms with Gasteiger partial charge < -0.3 is 14.9 Å². The fourth-order valence-electron chi connectivity index (χ4n) is 7.66. The largest absolute Gasteiger partial charge is 4.00 e. The third-order valence-electron chi connectivity index (χ3n) is 9.49. The molecule has 0 atom stereocenters. The van der Waals surface area contributed by atoms with Crippen molar-refractivity contribution in [2.24, 2.45) is 11.8 Å². The van der Waals surface area contributed by atoms with Gasteiger partial charge >= 0.3 is 25.8 Å². The van der Waals surface area contributed by atoms with Crippen LogP contribution in [0.25, 0.3) is 43.8 Å². The first kappa shape index (κ1) is 37.4. The van der Waals surface area contributed by atoms with Crippen molar-refractivity contribution in [2.75, 3.05) is 0 Å². The molecule has 0 aliphatic rings. The van der Waals surface area contributed by atoms with Gasteiger partial charge in [-0.1, -0.05) is 98.5 Å². The van der Waals surface area contributed by atoms with Gasteiger partial charge in [0.2, 0.25) is 0 Å². The van der Waals surface area contributed by atoms with Crippen LogP contribution in [0.1, 0.15) is 73.9 Å². The van der Waals surface area contributed by atoms with E-state index >= 15 is 0 Å². The molecule has 0 aromatic heterocycles. The van der Waals surface area contributed by atoms with E-state index in [-0.39, 0.29) is 46.1 Å². The Morgan fingerprint density at radius 3 is 1.28 bits per heavy atom. The summed E-state index contributed by atoms with van der Waals surface area (Å²) in [6.07, 6.45) is 2.24. The molecule has 0 heterocycles. The standard InChI is InChI=1S/C43H46.2CH3.Hf/c1-27(2)25-43(26-28(3)4,35-21-33-11-9-13-37(41(33)23-35)39-19-29(5)15-17-31(39)7)36-22-34-12-10-14-38(42(34)24-36)40-20-30(6)16-18-32(40)8;;;/h9-24,27-28H,25-26H2,1-8H3;2*1H3;/q-2;2*-1;+4. The van der Waals surface area contributed by atoms with Crippen LogP contribution in [-0.2, 0) is 31.3 Å². The summed E-state index contributed by atoms with van der Waals surface area (Å²) >= 11 is 0. The van der Waals surface area contributed by atoms with Gasteiger partial charge in [0.25, 0.3) is 0 Å². The van der Waals surface area contributed by atoms with Crippen molar-refractivity contribution < 1.29 is 25.8 Å². The summed E-state index contributed by atoms with van der Waals surface area (Å²) in [5.41, 5.74) is 13.5. The van der Waals surface area contributed by atoms with Gasteiger partial charge in [0.15, 0.2) is 0 Å². The van der Waals surface area contributed by atoms with Crippen LogP contribution >= 0.6 is 0 Å². The quantitative estimate of drug-likeness (QED) is 0.107. The maximum absolute atomic E-state index is 2.54. The van der Waals surface area contributed by atoms with Crippen molar-refractivity contribution in [3.05, 3.63) is 145 Å². The molecule has 0 amide bonds. The molecule has 236 valence electrons. The molecule has 0 nitrogen and oxygen atoms in total. The van der Waals surface area contributed by atoms with Crippen molar-refractivity contribution in [1.82, 2.24) is 0 Å². The zero-order valence-corrected chi connectivity index (χ0v) is 33.4. The Morgan fingerprint density at radius 1 is 0.522 bits per heavy atom. The van der Waals surface area contributed by atoms with Gasteiger partial charge in [0, 0.05) is 0 Å². The van der Waals surface area contributed by atoms with Gasteiger partial charge in [0.1, 0.15) is 0 Å². The van der Waals surface area contributed by atoms with Crippen LogP contribution in [-0.4, -0.2) is 0 Å². The molecule has 0 spiro atoms. The number of fused-ring (bicyclic) bond motifs is 2. The fourth-order valence-corrected chi connectivity index (χ4v) is 7.66. The second-order valence-electron chi connectivity index (χ2n) is 14.0. The second kappa shape index (κ2) is 14.8. The Bertz CT molecular complexity index is 1780. The van der Waals surface area contributed by atoms with Gasteiger partial charge in [0.05, 0.1) is 0 Å². The first-order chi connectivity index (χ1) is 20.6. The molecular weight excluding hydrogens is 719 g/mol.